The van der Waals surface area contributed by atoms with E-state index in [4.69, 9.17) is 14.3 Å². The van der Waals surface area contributed by atoms with Crippen molar-refractivity contribution in [3.05, 3.63) is 0 Å². The van der Waals surface area contributed by atoms with Crippen LogP contribution >= 0.6 is 0 Å². The molecule has 0 radical (unpaired) electrons. The summed E-state index contributed by atoms with van der Waals surface area (Å²) >= 11 is 0. The van der Waals surface area contributed by atoms with E-state index >= 15 is 0 Å². The Kier molecular flexibility index (Phi) is 9.37. The van der Waals surface area contributed by atoms with Crippen LogP contribution < -0.4 is 5.32 Å². The molecule has 0 spiro atoms. The minimum absolute atomic E-state index is 0.0397. The lowest BCUT2D eigenvalue weighted by Crippen LogP contribution is -2.32. The fourth-order valence-electron chi connectivity index (χ4n) is 2.41. The zero-order valence-corrected chi connectivity index (χ0v) is 16.5. The van der Waals surface area contributed by atoms with Crippen LogP contribution in [0.4, 0.5) is 0 Å². The fourth-order valence-corrected chi connectivity index (χ4v) is 2.41. The van der Waals surface area contributed by atoms with Crippen molar-refractivity contribution in [3.63, 3.8) is 0 Å². The van der Waals surface area contributed by atoms with E-state index in [0.717, 1.165) is 6.54 Å². The summed E-state index contributed by atoms with van der Waals surface area (Å²) in [5, 5.41) is 3.49. The number of nitrogens with zero attached hydrogens (tertiary/aromatic N) is 1. The Bertz CT molecular complexity index is 532. The summed E-state index contributed by atoms with van der Waals surface area (Å²) in [6, 6.07) is 0. The molecule has 1 rings (SSSR count). The van der Waals surface area contributed by atoms with Crippen molar-refractivity contribution in [2.45, 2.75) is 58.5 Å². The summed E-state index contributed by atoms with van der Waals surface area (Å²) in [4.78, 5) is 51.3. The van der Waals surface area contributed by atoms with Crippen molar-refractivity contribution in [1.82, 2.24) is 10.4 Å². The van der Waals surface area contributed by atoms with Crippen molar-refractivity contribution in [2.75, 3.05) is 26.8 Å². The Balaban J connectivity index is 2.24. The van der Waals surface area contributed by atoms with Crippen molar-refractivity contribution >= 4 is 23.8 Å². The van der Waals surface area contributed by atoms with Crippen LogP contribution in [-0.2, 0) is 33.5 Å². The van der Waals surface area contributed by atoms with Crippen molar-refractivity contribution < 1.29 is 33.5 Å². The van der Waals surface area contributed by atoms with Gasteiger partial charge in [0.05, 0.1) is 25.2 Å². The predicted molar refractivity (Wildman–Crippen MR) is 95.1 cm³/mol. The van der Waals surface area contributed by atoms with Gasteiger partial charge in [0, 0.05) is 32.2 Å². The maximum absolute atomic E-state index is 11.9. The quantitative estimate of drug-likeness (QED) is 0.300. The predicted octanol–water partition coefficient (Wildman–Crippen LogP) is 0.958. The maximum atomic E-state index is 11.9. The molecule has 1 saturated heterocycles. The Morgan fingerprint density at radius 3 is 2.30 bits per heavy atom. The number of hydroxylamine groups is 2. The third-order valence-electron chi connectivity index (χ3n) is 4.04. The molecule has 0 aromatic carbocycles. The van der Waals surface area contributed by atoms with Crippen LogP contribution in [0.3, 0.4) is 0 Å². The number of carbonyl (C=O) groups is 4. The van der Waals surface area contributed by atoms with Gasteiger partial charge in [-0.1, -0.05) is 6.92 Å². The highest BCUT2D eigenvalue weighted by Gasteiger charge is 2.33. The van der Waals surface area contributed by atoms with Crippen LogP contribution in [0.2, 0.25) is 0 Å². The molecule has 154 valence electrons. The monoisotopic (exact) mass is 386 g/mol. The molecule has 9 nitrogen and oxygen atoms in total. The van der Waals surface area contributed by atoms with Crippen LogP contribution in [0.15, 0.2) is 0 Å². The number of amides is 2. The number of ether oxygens (including phenoxy) is 2. The summed E-state index contributed by atoms with van der Waals surface area (Å²) in [6.07, 6.45) is 0.590. The van der Waals surface area contributed by atoms with Gasteiger partial charge in [-0.15, -0.1) is 5.06 Å². The molecule has 0 aromatic heterocycles. The fraction of sp³-hybridized carbons (Fsp3) is 0.778. The summed E-state index contributed by atoms with van der Waals surface area (Å²) in [7, 11) is 1.84. The third kappa shape index (κ3) is 8.96. The average molecular weight is 386 g/mol. The van der Waals surface area contributed by atoms with Gasteiger partial charge in [-0.25, -0.2) is 4.79 Å². The van der Waals surface area contributed by atoms with Gasteiger partial charge in [-0.2, -0.15) is 0 Å². The number of rotatable bonds is 12. The summed E-state index contributed by atoms with van der Waals surface area (Å²) < 4.78 is 10.9. The van der Waals surface area contributed by atoms with Gasteiger partial charge in [-0.05, 0) is 26.8 Å². The molecule has 1 unspecified atom stereocenters. The van der Waals surface area contributed by atoms with Gasteiger partial charge in [-0.3, -0.25) is 14.4 Å². The van der Waals surface area contributed by atoms with E-state index in [-0.39, 0.29) is 38.2 Å². The molecule has 2 amide bonds. The summed E-state index contributed by atoms with van der Waals surface area (Å²) in [5.41, 5.74) is -0.401. The molecule has 0 aliphatic carbocycles. The molecule has 0 aromatic rings. The zero-order valence-electron chi connectivity index (χ0n) is 16.5. The minimum atomic E-state index is -0.724. The summed E-state index contributed by atoms with van der Waals surface area (Å²) in [6.45, 7) is 7.08. The third-order valence-corrected chi connectivity index (χ3v) is 4.04. The maximum Gasteiger partial charge on any atom is 0.333 e. The first-order chi connectivity index (χ1) is 12.6. The van der Waals surface area contributed by atoms with Crippen LogP contribution in [0.5, 0.6) is 0 Å². The van der Waals surface area contributed by atoms with E-state index in [2.05, 4.69) is 5.32 Å². The number of hydrogen-bond donors (Lipinski definition) is 1. The summed E-state index contributed by atoms with van der Waals surface area (Å²) in [5.74, 6) is -2.54. The highest BCUT2D eigenvalue weighted by atomic mass is 16.7. The first kappa shape index (κ1) is 23.0. The van der Waals surface area contributed by atoms with Gasteiger partial charge in [0.1, 0.15) is 0 Å². The van der Waals surface area contributed by atoms with Gasteiger partial charge < -0.3 is 19.6 Å². The molecular weight excluding hydrogens is 356 g/mol. The standard InChI is InChI=1S/C18H30N2O7/c1-13(12-17(24)27-20-14(21)5-6-15(20)22)11-16(23)25-9-7-18(2,3)26-10-8-19-4/h13,19H,5-12H2,1-4H3. The van der Waals surface area contributed by atoms with Crippen molar-refractivity contribution in [1.29, 1.82) is 0 Å². The van der Waals surface area contributed by atoms with Gasteiger partial charge >= 0.3 is 11.9 Å². The van der Waals surface area contributed by atoms with E-state index in [0.29, 0.717) is 18.1 Å². The molecule has 0 bridgehead atoms. The van der Waals surface area contributed by atoms with E-state index < -0.39 is 29.4 Å². The molecule has 1 N–H and O–H groups in total. The van der Waals surface area contributed by atoms with Gasteiger partial charge in [0.15, 0.2) is 0 Å². The molecule has 0 saturated carbocycles. The smallest absolute Gasteiger partial charge is 0.333 e. The topological polar surface area (TPSA) is 111 Å². The lowest BCUT2D eigenvalue weighted by Gasteiger charge is -2.25. The van der Waals surface area contributed by atoms with Crippen molar-refractivity contribution in [3.8, 4) is 0 Å². The second-order valence-corrected chi connectivity index (χ2v) is 7.24. The van der Waals surface area contributed by atoms with E-state index in [1.807, 2.05) is 20.9 Å². The van der Waals surface area contributed by atoms with E-state index in [9.17, 15) is 19.2 Å². The van der Waals surface area contributed by atoms with E-state index in [1.165, 1.54) is 0 Å². The normalized spacial score (nSPS) is 15.8. The van der Waals surface area contributed by atoms with Crippen LogP contribution in [-0.4, -0.2) is 61.2 Å². The Hall–Kier alpha value is -2.00. The van der Waals surface area contributed by atoms with E-state index in [1.54, 1.807) is 6.92 Å². The van der Waals surface area contributed by atoms with Crippen LogP contribution in [0.1, 0.15) is 52.9 Å². The number of imide groups is 1. The number of carbonyl (C=O) groups excluding carboxylic acids is 4. The first-order valence-electron chi connectivity index (χ1n) is 9.15. The first-order valence-corrected chi connectivity index (χ1v) is 9.15. The molecule has 1 heterocycles. The minimum Gasteiger partial charge on any atom is -0.466 e. The Morgan fingerprint density at radius 2 is 1.70 bits per heavy atom. The Morgan fingerprint density at radius 1 is 1.11 bits per heavy atom. The number of hydrogen-bond acceptors (Lipinski definition) is 8. The van der Waals surface area contributed by atoms with Gasteiger partial charge in [0.25, 0.3) is 11.8 Å². The highest BCUT2D eigenvalue weighted by molar-refractivity contribution is 6.01. The Labute approximate surface area is 159 Å². The number of esters is 1. The molecular formula is C18H30N2O7. The molecule has 27 heavy (non-hydrogen) atoms. The molecule has 9 heteroatoms. The lowest BCUT2D eigenvalue weighted by atomic mass is 10.0. The zero-order chi connectivity index (χ0) is 20.4. The molecule has 1 aliphatic rings. The highest BCUT2D eigenvalue weighted by Crippen LogP contribution is 2.17. The largest absolute Gasteiger partial charge is 0.466 e. The average Bonchev–Trinajstić information content (AvgIpc) is 2.86. The SMILES string of the molecule is CNCCOC(C)(C)CCOC(=O)CC(C)CC(=O)ON1C(=O)CCC1=O. The number of likely N-dealkylation sites (N-methyl/N-ethyl adjacent to an activating group) is 1. The molecule has 1 fully saturated rings. The van der Waals surface area contributed by atoms with Crippen LogP contribution in [0, 0.1) is 5.92 Å². The second-order valence-electron chi connectivity index (χ2n) is 7.24. The molecule has 1 atom stereocenters. The van der Waals surface area contributed by atoms with Gasteiger partial charge in [0.2, 0.25) is 0 Å². The number of nitrogens with one attached hydrogen (secondary N) is 1. The second kappa shape index (κ2) is 11.0. The lowest BCUT2D eigenvalue weighted by molar-refractivity contribution is -0.198. The van der Waals surface area contributed by atoms with Crippen molar-refractivity contribution in [2.24, 2.45) is 5.92 Å². The molecule has 1 aliphatic heterocycles. The van der Waals surface area contributed by atoms with Crippen LogP contribution in [0.25, 0.3) is 0 Å².